The lowest BCUT2D eigenvalue weighted by atomic mass is 9.87. The van der Waals surface area contributed by atoms with Crippen LogP contribution in [0.15, 0.2) is 24.3 Å². The molecule has 0 unspecified atom stereocenters. The highest BCUT2D eigenvalue weighted by molar-refractivity contribution is 5.75. The molecule has 0 bridgehead atoms. The lowest BCUT2D eigenvalue weighted by molar-refractivity contribution is -0.141. The summed E-state index contributed by atoms with van der Waals surface area (Å²) in [4.78, 5) is 12.2. The highest BCUT2D eigenvalue weighted by atomic mass is 16.5. The number of ether oxygens (including phenoxy) is 2. The van der Waals surface area contributed by atoms with Gasteiger partial charge in [-0.05, 0) is 56.2 Å². The standard InChI is InChI=1S/C19H28O3/c1-3-5-14-21-17-12-8-16(9-13-17)19(20)22-18-10-6-15(4-2)7-11-18/h6-7,10-11,16-17H,3-5,8-9,12-14H2,1-2H3. The van der Waals surface area contributed by atoms with Crippen LogP contribution in [0, 0.1) is 5.92 Å². The first-order valence-electron chi connectivity index (χ1n) is 8.65. The van der Waals surface area contributed by atoms with Gasteiger partial charge >= 0.3 is 5.97 Å². The number of aryl methyl sites for hydroxylation is 1. The molecule has 0 radical (unpaired) electrons. The fraction of sp³-hybridized carbons (Fsp3) is 0.632. The van der Waals surface area contributed by atoms with Gasteiger partial charge < -0.3 is 9.47 Å². The summed E-state index contributed by atoms with van der Waals surface area (Å²) < 4.78 is 11.4. The van der Waals surface area contributed by atoms with Gasteiger partial charge in [-0.25, -0.2) is 0 Å². The molecule has 1 aliphatic rings. The second-order valence-corrected chi connectivity index (χ2v) is 6.12. The molecule has 1 aromatic carbocycles. The van der Waals surface area contributed by atoms with E-state index >= 15 is 0 Å². The molecule has 3 nitrogen and oxygen atoms in total. The molecule has 0 N–H and O–H groups in total. The third-order valence-electron chi connectivity index (χ3n) is 4.41. The van der Waals surface area contributed by atoms with E-state index in [4.69, 9.17) is 9.47 Å². The Labute approximate surface area is 134 Å². The number of rotatable bonds is 7. The van der Waals surface area contributed by atoms with Crippen molar-refractivity contribution in [3.8, 4) is 5.75 Å². The Kier molecular flexibility index (Phi) is 6.91. The number of hydrogen-bond donors (Lipinski definition) is 0. The van der Waals surface area contributed by atoms with Crippen LogP contribution in [0.1, 0.15) is 57.9 Å². The zero-order valence-electron chi connectivity index (χ0n) is 13.8. The molecule has 0 amide bonds. The van der Waals surface area contributed by atoms with Crippen molar-refractivity contribution in [1.29, 1.82) is 0 Å². The van der Waals surface area contributed by atoms with Crippen LogP contribution in [0.2, 0.25) is 0 Å². The summed E-state index contributed by atoms with van der Waals surface area (Å²) >= 11 is 0. The average molecular weight is 304 g/mol. The van der Waals surface area contributed by atoms with Crippen molar-refractivity contribution in [1.82, 2.24) is 0 Å². The van der Waals surface area contributed by atoms with Crippen LogP contribution in [0.3, 0.4) is 0 Å². The van der Waals surface area contributed by atoms with E-state index in [9.17, 15) is 4.79 Å². The fourth-order valence-corrected chi connectivity index (χ4v) is 2.85. The number of benzene rings is 1. The van der Waals surface area contributed by atoms with Gasteiger partial charge in [-0.1, -0.05) is 32.4 Å². The largest absolute Gasteiger partial charge is 0.426 e. The average Bonchev–Trinajstić information content (AvgIpc) is 2.56. The van der Waals surface area contributed by atoms with Gasteiger partial charge in [0.25, 0.3) is 0 Å². The molecule has 0 aromatic heterocycles. The molecule has 0 heterocycles. The molecule has 22 heavy (non-hydrogen) atoms. The van der Waals surface area contributed by atoms with E-state index in [1.165, 1.54) is 12.0 Å². The molecule has 0 atom stereocenters. The summed E-state index contributed by atoms with van der Waals surface area (Å²) in [5.74, 6) is 0.594. The monoisotopic (exact) mass is 304 g/mol. The Hall–Kier alpha value is -1.35. The van der Waals surface area contributed by atoms with Crippen LogP contribution in [-0.4, -0.2) is 18.7 Å². The van der Waals surface area contributed by atoms with E-state index in [1.807, 2.05) is 24.3 Å². The van der Waals surface area contributed by atoms with Crippen molar-refractivity contribution in [3.05, 3.63) is 29.8 Å². The third kappa shape index (κ3) is 5.13. The first kappa shape index (κ1) is 17.0. The van der Waals surface area contributed by atoms with Crippen LogP contribution in [0.5, 0.6) is 5.75 Å². The van der Waals surface area contributed by atoms with Gasteiger partial charge in [0.05, 0.1) is 12.0 Å². The molecule has 122 valence electrons. The molecule has 0 saturated heterocycles. The van der Waals surface area contributed by atoms with Crippen molar-refractivity contribution >= 4 is 5.97 Å². The van der Waals surface area contributed by atoms with Gasteiger partial charge in [-0.3, -0.25) is 4.79 Å². The van der Waals surface area contributed by atoms with Gasteiger partial charge in [0.2, 0.25) is 0 Å². The lowest BCUT2D eigenvalue weighted by Crippen LogP contribution is -2.29. The van der Waals surface area contributed by atoms with Crippen molar-refractivity contribution in [3.63, 3.8) is 0 Å². The maximum atomic E-state index is 12.2. The van der Waals surface area contributed by atoms with Gasteiger partial charge in [-0.15, -0.1) is 0 Å². The normalized spacial score (nSPS) is 21.5. The summed E-state index contributed by atoms with van der Waals surface area (Å²) in [5, 5.41) is 0. The molecule has 1 fully saturated rings. The molecule has 2 rings (SSSR count). The molecule has 0 aliphatic heterocycles. The molecule has 1 saturated carbocycles. The van der Waals surface area contributed by atoms with Crippen molar-refractivity contribution in [2.24, 2.45) is 5.92 Å². The molecular weight excluding hydrogens is 276 g/mol. The molecule has 3 heteroatoms. The maximum Gasteiger partial charge on any atom is 0.314 e. The van der Waals surface area contributed by atoms with Gasteiger partial charge in [0.15, 0.2) is 0 Å². The van der Waals surface area contributed by atoms with Gasteiger partial charge in [0.1, 0.15) is 5.75 Å². The maximum absolute atomic E-state index is 12.2. The smallest absolute Gasteiger partial charge is 0.314 e. The lowest BCUT2D eigenvalue weighted by Gasteiger charge is -2.27. The zero-order chi connectivity index (χ0) is 15.8. The number of hydrogen-bond acceptors (Lipinski definition) is 3. The van der Waals surface area contributed by atoms with Crippen LogP contribution < -0.4 is 4.74 Å². The minimum Gasteiger partial charge on any atom is -0.426 e. The highest BCUT2D eigenvalue weighted by Crippen LogP contribution is 2.28. The van der Waals surface area contributed by atoms with Crippen LogP contribution in [0.4, 0.5) is 0 Å². The predicted molar refractivity (Wildman–Crippen MR) is 88.1 cm³/mol. The van der Waals surface area contributed by atoms with E-state index in [-0.39, 0.29) is 11.9 Å². The Balaban J connectivity index is 1.74. The fourth-order valence-electron chi connectivity index (χ4n) is 2.85. The van der Waals surface area contributed by atoms with E-state index in [2.05, 4.69) is 13.8 Å². The van der Waals surface area contributed by atoms with Gasteiger partial charge in [-0.2, -0.15) is 0 Å². The quantitative estimate of drug-likeness (QED) is 0.422. The zero-order valence-corrected chi connectivity index (χ0v) is 13.8. The first-order chi connectivity index (χ1) is 10.7. The predicted octanol–water partition coefficient (Wildman–Crippen LogP) is 4.53. The molecule has 1 aromatic rings. The Morgan fingerprint density at radius 2 is 1.77 bits per heavy atom. The Bertz CT molecular complexity index is 444. The number of unbranched alkanes of at least 4 members (excludes halogenated alkanes) is 1. The summed E-state index contributed by atoms with van der Waals surface area (Å²) in [5.41, 5.74) is 1.25. The number of esters is 1. The topological polar surface area (TPSA) is 35.5 Å². The minimum absolute atomic E-state index is 0.0249. The Morgan fingerprint density at radius 3 is 2.36 bits per heavy atom. The summed E-state index contributed by atoms with van der Waals surface area (Å²) in [6, 6.07) is 7.80. The minimum atomic E-state index is -0.0868. The van der Waals surface area contributed by atoms with E-state index in [0.29, 0.717) is 11.9 Å². The summed E-state index contributed by atoms with van der Waals surface area (Å²) in [6.07, 6.45) is 7.31. The van der Waals surface area contributed by atoms with Crippen LogP contribution >= 0.6 is 0 Å². The second-order valence-electron chi connectivity index (χ2n) is 6.12. The first-order valence-corrected chi connectivity index (χ1v) is 8.65. The Morgan fingerprint density at radius 1 is 1.09 bits per heavy atom. The van der Waals surface area contributed by atoms with Crippen molar-refractivity contribution in [2.45, 2.75) is 64.9 Å². The van der Waals surface area contributed by atoms with E-state index in [1.54, 1.807) is 0 Å². The van der Waals surface area contributed by atoms with Crippen molar-refractivity contribution < 1.29 is 14.3 Å². The number of carbonyl (C=O) groups excluding carboxylic acids is 1. The summed E-state index contributed by atoms with van der Waals surface area (Å²) in [7, 11) is 0. The van der Waals surface area contributed by atoms with Gasteiger partial charge in [0, 0.05) is 6.61 Å². The van der Waals surface area contributed by atoms with E-state index in [0.717, 1.165) is 45.1 Å². The van der Waals surface area contributed by atoms with Crippen LogP contribution in [0.25, 0.3) is 0 Å². The highest BCUT2D eigenvalue weighted by Gasteiger charge is 2.28. The van der Waals surface area contributed by atoms with E-state index < -0.39 is 0 Å². The molecule has 1 aliphatic carbocycles. The second kappa shape index (κ2) is 8.94. The SMILES string of the molecule is CCCCOC1CCC(C(=O)Oc2ccc(CC)cc2)CC1. The molecule has 0 spiro atoms. The number of carbonyl (C=O) groups is 1. The van der Waals surface area contributed by atoms with Crippen molar-refractivity contribution in [2.75, 3.05) is 6.61 Å². The molecular formula is C19H28O3. The summed E-state index contributed by atoms with van der Waals surface area (Å²) in [6.45, 7) is 5.13. The third-order valence-corrected chi connectivity index (χ3v) is 4.41. The van der Waals surface area contributed by atoms with Crippen LogP contribution in [-0.2, 0) is 16.0 Å².